The highest BCUT2D eigenvalue weighted by atomic mass is 16.5. The lowest BCUT2D eigenvalue weighted by molar-refractivity contribution is 0.0522. The van der Waals surface area contributed by atoms with Gasteiger partial charge in [0.05, 0.1) is 6.61 Å². The molecular weight excluding hydrogens is 256 g/mol. The normalized spacial score (nSPS) is 10.1. The molecule has 0 saturated heterocycles. The Morgan fingerprint density at radius 1 is 1.30 bits per heavy atom. The van der Waals surface area contributed by atoms with Gasteiger partial charge in [0.25, 0.3) is 0 Å². The van der Waals surface area contributed by atoms with Crippen molar-refractivity contribution >= 4 is 11.7 Å². The highest BCUT2D eigenvalue weighted by molar-refractivity contribution is 5.91. The van der Waals surface area contributed by atoms with Crippen molar-refractivity contribution in [3.63, 3.8) is 0 Å². The molecule has 0 aliphatic carbocycles. The van der Waals surface area contributed by atoms with Crippen molar-refractivity contribution in [2.75, 3.05) is 12.3 Å². The first-order chi connectivity index (χ1) is 9.63. The molecule has 20 heavy (non-hydrogen) atoms. The summed E-state index contributed by atoms with van der Waals surface area (Å²) in [6.45, 7) is 3.89. The quantitative estimate of drug-likeness (QED) is 0.684. The van der Waals surface area contributed by atoms with Gasteiger partial charge in [-0.25, -0.2) is 9.78 Å². The Hall–Kier alpha value is -2.56. The van der Waals surface area contributed by atoms with Crippen LogP contribution in [-0.2, 0) is 4.74 Å². The maximum atomic E-state index is 11.8. The van der Waals surface area contributed by atoms with Gasteiger partial charge in [-0.1, -0.05) is 6.07 Å². The lowest BCUT2D eigenvalue weighted by Crippen LogP contribution is -2.07. The van der Waals surface area contributed by atoms with E-state index in [4.69, 9.17) is 15.2 Å². The van der Waals surface area contributed by atoms with Crippen molar-refractivity contribution in [3.05, 3.63) is 47.7 Å². The Morgan fingerprint density at radius 3 is 2.85 bits per heavy atom. The third-order valence-corrected chi connectivity index (χ3v) is 2.80. The van der Waals surface area contributed by atoms with E-state index in [0.717, 1.165) is 5.56 Å². The lowest BCUT2D eigenvalue weighted by Gasteiger charge is -2.12. The number of anilines is 1. The van der Waals surface area contributed by atoms with Crippen molar-refractivity contribution in [3.8, 4) is 11.6 Å². The van der Waals surface area contributed by atoms with E-state index in [2.05, 4.69) is 4.98 Å². The van der Waals surface area contributed by atoms with E-state index >= 15 is 0 Å². The zero-order valence-electron chi connectivity index (χ0n) is 11.4. The first kappa shape index (κ1) is 13.9. The number of carbonyl (C=O) groups is 1. The Balaban J connectivity index is 2.34. The summed E-state index contributed by atoms with van der Waals surface area (Å²) >= 11 is 0. The van der Waals surface area contributed by atoms with Crippen LogP contribution in [0.4, 0.5) is 5.69 Å². The number of nitrogens with two attached hydrogens (primary N) is 1. The topological polar surface area (TPSA) is 74.4 Å². The minimum Gasteiger partial charge on any atom is -0.462 e. The molecule has 2 N–H and O–H groups in total. The predicted molar refractivity (Wildman–Crippen MR) is 75.9 cm³/mol. The molecule has 1 aromatic carbocycles. The van der Waals surface area contributed by atoms with E-state index in [-0.39, 0.29) is 11.4 Å². The van der Waals surface area contributed by atoms with Crippen LogP contribution >= 0.6 is 0 Å². The number of aromatic nitrogens is 1. The van der Waals surface area contributed by atoms with Crippen LogP contribution in [0.25, 0.3) is 0 Å². The summed E-state index contributed by atoms with van der Waals surface area (Å²) in [5, 5.41) is 0. The second kappa shape index (κ2) is 6.06. The van der Waals surface area contributed by atoms with E-state index < -0.39 is 5.97 Å². The fraction of sp³-hybridized carbons (Fsp3) is 0.200. The molecule has 0 fully saturated rings. The largest absolute Gasteiger partial charge is 0.462 e. The van der Waals surface area contributed by atoms with Gasteiger partial charge in [-0.2, -0.15) is 0 Å². The molecular formula is C15H16N2O3. The number of ether oxygens (including phenoxy) is 2. The summed E-state index contributed by atoms with van der Waals surface area (Å²) in [7, 11) is 0. The van der Waals surface area contributed by atoms with Crippen LogP contribution in [-0.4, -0.2) is 17.6 Å². The molecule has 0 aliphatic rings. The van der Waals surface area contributed by atoms with Crippen LogP contribution < -0.4 is 10.5 Å². The number of rotatable bonds is 4. The molecule has 0 amide bonds. The van der Waals surface area contributed by atoms with E-state index in [9.17, 15) is 4.79 Å². The number of nitrogens with zero attached hydrogens (tertiary/aromatic N) is 1. The number of carbonyl (C=O) groups excluding carboxylic acids is 1. The summed E-state index contributed by atoms with van der Waals surface area (Å²) < 4.78 is 10.7. The molecule has 0 bridgehead atoms. The average Bonchev–Trinajstić information content (AvgIpc) is 2.45. The summed E-state index contributed by atoms with van der Waals surface area (Å²) in [5.41, 5.74) is 7.54. The maximum Gasteiger partial charge on any atom is 0.343 e. The molecule has 5 nitrogen and oxygen atoms in total. The van der Waals surface area contributed by atoms with Crippen molar-refractivity contribution in [2.45, 2.75) is 13.8 Å². The minimum atomic E-state index is -0.461. The maximum absolute atomic E-state index is 11.8. The number of hydrogen-bond acceptors (Lipinski definition) is 5. The van der Waals surface area contributed by atoms with Crippen LogP contribution in [0.3, 0.4) is 0 Å². The molecule has 0 atom stereocenters. The van der Waals surface area contributed by atoms with E-state index in [1.165, 1.54) is 0 Å². The molecule has 5 heteroatoms. The summed E-state index contributed by atoms with van der Waals surface area (Å²) in [6, 6.07) is 8.61. The van der Waals surface area contributed by atoms with Gasteiger partial charge in [-0.15, -0.1) is 0 Å². The van der Waals surface area contributed by atoms with Gasteiger partial charge in [0, 0.05) is 17.4 Å². The van der Waals surface area contributed by atoms with E-state index in [1.807, 2.05) is 6.92 Å². The second-order valence-corrected chi connectivity index (χ2v) is 4.15. The molecule has 0 unspecified atom stereocenters. The molecule has 1 heterocycles. The molecule has 0 aliphatic heterocycles. The summed E-state index contributed by atoms with van der Waals surface area (Å²) in [5.74, 6) is 0.311. The number of hydrogen-bond donors (Lipinski definition) is 1. The third kappa shape index (κ3) is 2.88. The lowest BCUT2D eigenvalue weighted by atomic mass is 10.2. The molecule has 0 spiro atoms. The minimum absolute atomic E-state index is 0.208. The first-order valence-electron chi connectivity index (χ1n) is 6.28. The van der Waals surface area contributed by atoms with E-state index in [1.54, 1.807) is 43.5 Å². The summed E-state index contributed by atoms with van der Waals surface area (Å²) in [4.78, 5) is 15.9. The molecule has 0 saturated carbocycles. The van der Waals surface area contributed by atoms with Crippen molar-refractivity contribution in [1.29, 1.82) is 0 Å². The van der Waals surface area contributed by atoms with Gasteiger partial charge < -0.3 is 15.2 Å². The molecule has 2 aromatic rings. The SMILES string of the molecule is CCOC(=O)c1cccnc1Oc1cccc(N)c1C. The fourth-order valence-corrected chi connectivity index (χ4v) is 1.68. The molecule has 2 rings (SSSR count). The van der Waals surface area contributed by atoms with Gasteiger partial charge in [0.1, 0.15) is 11.3 Å². The zero-order valence-corrected chi connectivity index (χ0v) is 11.4. The molecule has 1 aromatic heterocycles. The third-order valence-electron chi connectivity index (χ3n) is 2.80. The second-order valence-electron chi connectivity index (χ2n) is 4.15. The Morgan fingerprint density at radius 2 is 2.10 bits per heavy atom. The van der Waals surface area contributed by atoms with Gasteiger partial charge in [0.2, 0.25) is 5.88 Å². The smallest absolute Gasteiger partial charge is 0.343 e. The summed E-state index contributed by atoms with van der Waals surface area (Å²) in [6.07, 6.45) is 1.56. The number of esters is 1. The highest BCUT2D eigenvalue weighted by Gasteiger charge is 2.16. The highest BCUT2D eigenvalue weighted by Crippen LogP contribution is 2.29. The van der Waals surface area contributed by atoms with Gasteiger partial charge in [-0.05, 0) is 38.1 Å². The van der Waals surface area contributed by atoms with Crippen LogP contribution in [0.1, 0.15) is 22.8 Å². The zero-order chi connectivity index (χ0) is 14.5. The number of pyridine rings is 1. The van der Waals surface area contributed by atoms with Gasteiger partial charge in [0.15, 0.2) is 0 Å². The van der Waals surface area contributed by atoms with Crippen LogP contribution in [0.2, 0.25) is 0 Å². The first-order valence-corrected chi connectivity index (χ1v) is 6.28. The van der Waals surface area contributed by atoms with Crippen LogP contribution in [0, 0.1) is 6.92 Å². The van der Waals surface area contributed by atoms with Gasteiger partial charge in [-0.3, -0.25) is 0 Å². The average molecular weight is 272 g/mol. The number of benzene rings is 1. The van der Waals surface area contributed by atoms with Crippen molar-refractivity contribution < 1.29 is 14.3 Å². The van der Waals surface area contributed by atoms with Crippen LogP contribution in [0.5, 0.6) is 11.6 Å². The fourth-order valence-electron chi connectivity index (χ4n) is 1.68. The number of nitrogen functional groups attached to an aromatic ring is 1. The van der Waals surface area contributed by atoms with E-state index in [0.29, 0.717) is 18.0 Å². The Labute approximate surface area is 117 Å². The standard InChI is InChI=1S/C15H16N2O3/c1-3-19-15(18)11-6-5-9-17-14(11)20-13-8-4-7-12(16)10(13)2/h4-9H,3,16H2,1-2H3. The van der Waals surface area contributed by atoms with Crippen molar-refractivity contribution in [2.24, 2.45) is 0 Å². The van der Waals surface area contributed by atoms with Gasteiger partial charge >= 0.3 is 5.97 Å². The molecule has 104 valence electrons. The van der Waals surface area contributed by atoms with Crippen LogP contribution in [0.15, 0.2) is 36.5 Å². The Kier molecular flexibility index (Phi) is 4.20. The van der Waals surface area contributed by atoms with Crippen molar-refractivity contribution in [1.82, 2.24) is 4.98 Å². The Bertz CT molecular complexity index is 626. The monoisotopic (exact) mass is 272 g/mol. The molecule has 0 radical (unpaired) electrons. The predicted octanol–water partition coefficient (Wildman–Crippen LogP) is 2.94.